The molecule has 0 spiro atoms. The van der Waals surface area contributed by atoms with Crippen LogP contribution in [0.1, 0.15) is 12.8 Å². The first kappa shape index (κ1) is 7.55. The zero-order valence-electron chi connectivity index (χ0n) is 7.03. The fourth-order valence-corrected chi connectivity index (χ4v) is 1.38. The van der Waals surface area contributed by atoms with Crippen LogP contribution in [0.4, 0.5) is 0 Å². The lowest BCUT2D eigenvalue weighted by Gasteiger charge is -2.12. The average Bonchev–Trinajstić information content (AvgIpc) is 2.74. The molecule has 0 aromatic rings. The van der Waals surface area contributed by atoms with Gasteiger partial charge in [-0.15, -0.1) is 0 Å². The summed E-state index contributed by atoms with van der Waals surface area (Å²) in [5.74, 6) is 0. The quantitative estimate of drug-likeness (QED) is 0.617. The molecule has 3 heteroatoms. The van der Waals surface area contributed by atoms with Gasteiger partial charge in [-0.3, -0.25) is 0 Å². The van der Waals surface area contributed by atoms with E-state index in [4.69, 9.17) is 0 Å². The molecule has 2 aliphatic rings. The van der Waals surface area contributed by atoms with Crippen molar-refractivity contribution in [1.29, 1.82) is 0 Å². The Labute approximate surface area is 72.4 Å². The van der Waals surface area contributed by atoms with Crippen LogP contribution >= 0.6 is 0 Å². The smallest absolute Gasteiger partial charge is 0.0845 e. The molecular formula is C9H13N3. The number of hydrogen-bond donors (Lipinski definition) is 1. The Bertz CT molecular complexity index is 220. The first-order valence-corrected chi connectivity index (χ1v) is 4.38. The molecule has 0 bridgehead atoms. The lowest BCUT2D eigenvalue weighted by atomic mass is 10.4. The molecule has 0 radical (unpaired) electrons. The van der Waals surface area contributed by atoms with E-state index >= 15 is 0 Å². The molecule has 1 aliphatic carbocycles. The van der Waals surface area contributed by atoms with Crippen LogP contribution in [0.25, 0.3) is 0 Å². The van der Waals surface area contributed by atoms with E-state index in [9.17, 15) is 0 Å². The fraction of sp³-hybridized carbons (Fsp3) is 0.444. The largest absolute Gasteiger partial charge is 0.240 e. The van der Waals surface area contributed by atoms with Crippen molar-refractivity contribution >= 4 is 5.71 Å². The van der Waals surface area contributed by atoms with Gasteiger partial charge < -0.3 is 0 Å². The van der Waals surface area contributed by atoms with E-state index < -0.39 is 0 Å². The lowest BCUT2D eigenvalue weighted by molar-refractivity contribution is 0.242. The van der Waals surface area contributed by atoms with Gasteiger partial charge in [-0.1, -0.05) is 12.2 Å². The van der Waals surface area contributed by atoms with Crippen LogP contribution < -0.4 is 5.53 Å². The Morgan fingerprint density at radius 1 is 1.17 bits per heavy atom. The van der Waals surface area contributed by atoms with Crippen molar-refractivity contribution in [3.8, 4) is 0 Å². The number of hydrogen-bond acceptors (Lipinski definition) is 3. The molecule has 0 unspecified atom stereocenters. The molecule has 1 N–H and O–H groups in total. The van der Waals surface area contributed by atoms with E-state index in [0.717, 1.165) is 18.8 Å². The van der Waals surface area contributed by atoms with Gasteiger partial charge in [0.2, 0.25) is 0 Å². The van der Waals surface area contributed by atoms with E-state index in [0.29, 0.717) is 0 Å². The minimum atomic E-state index is 1.00. The molecule has 0 amide bonds. The molecule has 1 heterocycles. The van der Waals surface area contributed by atoms with Gasteiger partial charge >= 0.3 is 0 Å². The van der Waals surface area contributed by atoms with Crippen LogP contribution in [0.5, 0.6) is 0 Å². The topological polar surface area (TPSA) is 27.6 Å². The summed E-state index contributed by atoms with van der Waals surface area (Å²) in [4.78, 5) is 0. The van der Waals surface area contributed by atoms with Crippen LogP contribution in [-0.2, 0) is 0 Å². The molecule has 1 fully saturated rings. The number of hydrazone groups is 1. The summed E-state index contributed by atoms with van der Waals surface area (Å²) in [6, 6.07) is 0. The van der Waals surface area contributed by atoms with Gasteiger partial charge in [-0.05, 0) is 25.0 Å². The predicted octanol–water partition coefficient (Wildman–Crippen LogP) is 1.07. The molecule has 2 rings (SSSR count). The maximum Gasteiger partial charge on any atom is 0.0845 e. The molecular weight excluding hydrogens is 150 g/mol. The molecule has 64 valence electrons. The summed E-state index contributed by atoms with van der Waals surface area (Å²) in [5, 5.41) is 6.37. The second-order valence-electron chi connectivity index (χ2n) is 3.05. The normalized spacial score (nSPS) is 22.2. The van der Waals surface area contributed by atoms with Crippen molar-refractivity contribution in [1.82, 2.24) is 10.5 Å². The van der Waals surface area contributed by atoms with Crippen molar-refractivity contribution < 1.29 is 0 Å². The molecule has 3 nitrogen and oxygen atoms in total. The molecule has 0 atom stereocenters. The minimum absolute atomic E-state index is 1.00. The summed E-state index contributed by atoms with van der Waals surface area (Å²) in [6.07, 6.45) is 10.5. The van der Waals surface area contributed by atoms with Crippen molar-refractivity contribution in [3.05, 3.63) is 24.3 Å². The van der Waals surface area contributed by atoms with Gasteiger partial charge in [0.1, 0.15) is 0 Å². The summed E-state index contributed by atoms with van der Waals surface area (Å²) in [7, 11) is 0. The predicted molar refractivity (Wildman–Crippen MR) is 49.7 cm³/mol. The third-order valence-electron chi connectivity index (χ3n) is 2.07. The van der Waals surface area contributed by atoms with E-state index in [-0.39, 0.29) is 0 Å². The first-order valence-electron chi connectivity index (χ1n) is 4.38. The fourth-order valence-electron chi connectivity index (χ4n) is 1.38. The van der Waals surface area contributed by atoms with Crippen molar-refractivity contribution in [2.24, 2.45) is 5.10 Å². The Kier molecular flexibility index (Phi) is 2.23. The van der Waals surface area contributed by atoms with Crippen LogP contribution in [0.15, 0.2) is 29.4 Å². The van der Waals surface area contributed by atoms with Crippen LogP contribution in [0.2, 0.25) is 0 Å². The molecule has 12 heavy (non-hydrogen) atoms. The highest BCUT2D eigenvalue weighted by atomic mass is 15.7. The summed E-state index contributed by atoms with van der Waals surface area (Å²) < 4.78 is 0. The van der Waals surface area contributed by atoms with E-state index in [2.05, 4.69) is 15.6 Å². The Morgan fingerprint density at radius 3 is 2.50 bits per heavy atom. The molecule has 0 saturated carbocycles. The average molecular weight is 163 g/mol. The van der Waals surface area contributed by atoms with E-state index in [1.807, 2.05) is 24.3 Å². The van der Waals surface area contributed by atoms with Gasteiger partial charge in [0.15, 0.2) is 0 Å². The maximum absolute atomic E-state index is 4.22. The second kappa shape index (κ2) is 3.54. The molecule has 1 saturated heterocycles. The highest BCUT2D eigenvalue weighted by Crippen LogP contribution is 2.03. The highest BCUT2D eigenvalue weighted by molar-refractivity contribution is 6.06. The zero-order chi connectivity index (χ0) is 8.23. The van der Waals surface area contributed by atoms with Gasteiger partial charge in [0.05, 0.1) is 5.71 Å². The third-order valence-corrected chi connectivity index (χ3v) is 2.07. The number of rotatable bonds is 2. The third kappa shape index (κ3) is 1.74. The maximum atomic E-state index is 4.22. The lowest BCUT2D eigenvalue weighted by Crippen LogP contribution is -2.31. The minimum Gasteiger partial charge on any atom is -0.240 e. The van der Waals surface area contributed by atoms with Gasteiger partial charge in [-0.2, -0.15) is 5.10 Å². The van der Waals surface area contributed by atoms with Crippen molar-refractivity contribution in [3.63, 3.8) is 0 Å². The van der Waals surface area contributed by atoms with Gasteiger partial charge in [-0.25, -0.2) is 10.5 Å². The van der Waals surface area contributed by atoms with Gasteiger partial charge in [0, 0.05) is 13.1 Å². The number of nitrogens with one attached hydrogen (secondary N) is 1. The van der Waals surface area contributed by atoms with Crippen LogP contribution in [-0.4, -0.2) is 23.8 Å². The summed E-state index contributed by atoms with van der Waals surface area (Å²) in [5.41, 5.74) is 4.04. The number of allylic oxidation sites excluding steroid dienone is 4. The Balaban J connectivity index is 1.83. The molecule has 0 aromatic carbocycles. The molecule has 0 aromatic heterocycles. The zero-order valence-corrected chi connectivity index (χ0v) is 7.03. The Morgan fingerprint density at radius 2 is 1.83 bits per heavy atom. The van der Waals surface area contributed by atoms with Gasteiger partial charge in [0.25, 0.3) is 0 Å². The highest BCUT2D eigenvalue weighted by Gasteiger charge is 2.09. The van der Waals surface area contributed by atoms with Crippen LogP contribution in [0.3, 0.4) is 0 Å². The first-order chi connectivity index (χ1) is 5.95. The van der Waals surface area contributed by atoms with E-state index in [1.54, 1.807) is 0 Å². The van der Waals surface area contributed by atoms with Crippen LogP contribution in [0, 0.1) is 0 Å². The summed E-state index contributed by atoms with van der Waals surface area (Å²) >= 11 is 0. The standard InChI is InChI=1S/C9H13N3/c1-2-6-9(5-1)10-11-12-7-3-4-8-12/h1-2,5-6,11H,3-4,7-8H2. The summed E-state index contributed by atoms with van der Waals surface area (Å²) in [6.45, 7) is 2.23. The second-order valence-corrected chi connectivity index (χ2v) is 3.05. The number of nitrogens with zero attached hydrogens (tertiary/aromatic N) is 2. The van der Waals surface area contributed by atoms with Crippen molar-refractivity contribution in [2.45, 2.75) is 12.8 Å². The number of hydrazine groups is 1. The molecule has 1 aliphatic heterocycles. The monoisotopic (exact) mass is 163 g/mol. The van der Waals surface area contributed by atoms with Crippen molar-refractivity contribution in [2.75, 3.05) is 13.1 Å². The Hall–Kier alpha value is -1.09. The van der Waals surface area contributed by atoms with E-state index in [1.165, 1.54) is 12.8 Å². The SMILES string of the molecule is C1=CC(=NNN2CCCC2)C=C1.